The molecule has 3 heteroatoms. The molecule has 1 unspecified atom stereocenters. The summed E-state index contributed by atoms with van der Waals surface area (Å²) in [6.07, 6.45) is 4.46. The standard InChI is InChI=1S/C11H16O3/c1-3-8-7-9(11(13)14-2)5-4-6-10(8)12/h3,9H,4-7H2,1-2H3/b8-3+. The van der Waals surface area contributed by atoms with Gasteiger partial charge in [-0.05, 0) is 31.8 Å². The van der Waals surface area contributed by atoms with Crippen molar-refractivity contribution in [1.29, 1.82) is 0 Å². The molecule has 1 fully saturated rings. The van der Waals surface area contributed by atoms with E-state index in [1.54, 1.807) is 0 Å². The summed E-state index contributed by atoms with van der Waals surface area (Å²) in [6.45, 7) is 1.84. The monoisotopic (exact) mass is 196 g/mol. The number of carbonyl (C=O) groups excluding carboxylic acids is 2. The molecular formula is C11H16O3. The summed E-state index contributed by atoms with van der Waals surface area (Å²) >= 11 is 0. The van der Waals surface area contributed by atoms with Crippen molar-refractivity contribution >= 4 is 11.8 Å². The van der Waals surface area contributed by atoms with Gasteiger partial charge in [0, 0.05) is 6.42 Å². The van der Waals surface area contributed by atoms with Gasteiger partial charge in [0.15, 0.2) is 5.78 Å². The van der Waals surface area contributed by atoms with E-state index in [0.29, 0.717) is 12.8 Å². The van der Waals surface area contributed by atoms with Crippen LogP contribution < -0.4 is 0 Å². The zero-order valence-electron chi connectivity index (χ0n) is 8.71. The van der Waals surface area contributed by atoms with E-state index in [1.165, 1.54) is 7.11 Å². The number of allylic oxidation sites excluding steroid dienone is 2. The van der Waals surface area contributed by atoms with Crippen LogP contribution in [0.2, 0.25) is 0 Å². The molecule has 0 radical (unpaired) electrons. The minimum absolute atomic E-state index is 0.127. The van der Waals surface area contributed by atoms with Crippen LogP contribution >= 0.6 is 0 Å². The van der Waals surface area contributed by atoms with Crippen molar-refractivity contribution in [1.82, 2.24) is 0 Å². The lowest BCUT2D eigenvalue weighted by Gasteiger charge is -2.11. The zero-order chi connectivity index (χ0) is 10.6. The van der Waals surface area contributed by atoms with E-state index in [1.807, 2.05) is 13.0 Å². The van der Waals surface area contributed by atoms with Gasteiger partial charge in [0.25, 0.3) is 0 Å². The van der Waals surface area contributed by atoms with Gasteiger partial charge in [0.1, 0.15) is 0 Å². The molecule has 14 heavy (non-hydrogen) atoms. The first-order valence-corrected chi connectivity index (χ1v) is 4.95. The second kappa shape index (κ2) is 4.94. The van der Waals surface area contributed by atoms with E-state index in [9.17, 15) is 9.59 Å². The van der Waals surface area contributed by atoms with Gasteiger partial charge in [-0.25, -0.2) is 0 Å². The molecule has 0 saturated heterocycles. The van der Waals surface area contributed by atoms with Gasteiger partial charge in [0.2, 0.25) is 0 Å². The molecule has 1 atom stereocenters. The normalized spacial score (nSPS) is 26.0. The van der Waals surface area contributed by atoms with E-state index >= 15 is 0 Å². The number of hydrogen-bond donors (Lipinski definition) is 0. The van der Waals surface area contributed by atoms with Gasteiger partial charge in [-0.3, -0.25) is 9.59 Å². The van der Waals surface area contributed by atoms with Gasteiger partial charge < -0.3 is 4.74 Å². The molecule has 0 aliphatic heterocycles. The summed E-state index contributed by atoms with van der Waals surface area (Å²) in [7, 11) is 1.39. The molecule has 0 spiro atoms. The summed E-state index contributed by atoms with van der Waals surface area (Å²) in [5.74, 6) is -0.143. The van der Waals surface area contributed by atoms with Crippen LogP contribution in [-0.4, -0.2) is 18.9 Å². The largest absolute Gasteiger partial charge is 0.469 e. The average Bonchev–Trinajstić information content (AvgIpc) is 2.39. The van der Waals surface area contributed by atoms with Crippen molar-refractivity contribution in [3.8, 4) is 0 Å². The Morgan fingerprint density at radius 1 is 1.57 bits per heavy atom. The maximum Gasteiger partial charge on any atom is 0.308 e. The lowest BCUT2D eigenvalue weighted by Crippen LogP contribution is -2.16. The third-order valence-corrected chi connectivity index (χ3v) is 2.66. The van der Waals surface area contributed by atoms with Crippen LogP contribution in [0, 0.1) is 5.92 Å². The smallest absolute Gasteiger partial charge is 0.308 e. The Hall–Kier alpha value is -1.12. The van der Waals surface area contributed by atoms with Crippen LogP contribution in [0.1, 0.15) is 32.6 Å². The second-order valence-corrected chi connectivity index (χ2v) is 3.55. The highest BCUT2D eigenvalue weighted by Gasteiger charge is 2.26. The minimum atomic E-state index is -0.195. The topological polar surface area (TPSA) is 43.4 Å². The number of ketones is 1. The van der Waals surface area contributed by atoms with E-state index < -0.39 is 0 Å². The van der Waals surface area contributed by atoms with Gasteiger partial charge in [-0.2, -0.15) is 0 Å². The molecular weight excluding hydrogens is 180 g/mol. The molecule has 3 nitrogen and oxygen atoms in total. The van der Waals surface area contributed by atoms with Crippen molar-refractivity contribution in [3.63, 3.8) is 0 Å². The fraction of sp³-hybridized carbons (Fsp3) is 0.636. The predicted molar refractivity (Wildman–Crippen MR) is 52.7 cm³/mol. The lowest BCUT2D eigenvalue weighted by atomic mass is 9.97. The maximum atomic E-state index is 11.5. The molecule has 0 heterocycles. The molecule has 1 aliphatic carbocycles. The molecule has 0 aromatic carbocycles. The number of ether oxygens (including phenoxy) is 1. The van der Waals surface area contributed by atoms with E-state index in [0.717, 1.165) is 18.4 Å². The van der Waals surface area contributed by atoms with Gasteiger partial charge in [-0.1, -0.05) is 6.08 Å². The van der Waals surface area contributed by atoms with Crippen molar-refractivity contribution < 1.29 is 14.3 Å². The van der Waals surface area contributed by atoms with Crippen LogP contribution in [0.15, 0.2) is 11.6 Å². The first-order chi connectivity index (χ1) is 6.69. The number of carbonyl (C=O) groups is 2. The Bertz CT molecular complexity index is 266. The fourth-order valence-electron chi connectivity index (χ4n) is 1.80. The van der Waals surface area contributed by atoms with Crippen molar-refractivity contribution in [3.05, 3.63) is 11.6 Å². The predicted octanol–water partition coefficient (Wildman–Crippen LogP) is 1.86. The number of esters is 1. The number of hydrogen-bond acceptors (Lipinski definition) is 3. The second-order valence-electron chi connectivity index (χ2n) is 3.55. The summed E-state index contributed by atoms with van der Waals surface area (Å²) in [6, 6.07) is 0. The number of rotatable bonds is 1. The van der Waals surface area contributed by atoms with Gasteiger partial charge >= 0.3 is 5.97 Å². The van der Waals surface area contributed by atoms with E-state index in [2.05, 4.69) is 0 Å². The Balaban J connectivity index is 2.73. The third-order valence-electron chi connectivity index (χ3n) is 2.66. The summed E-state index contributed by atoms with van der Waals surface area (Å²) < 4.78 is 4.70. The van der Waals surface area contributed by atoms with Crippen molar-refractivity contribution in [2.75, 3.05) is 7.11 Å². The van der Waals surface area contributed by atoms with Crippen molar-refractivity contribution in [2.45, 2.75) is 32.6 Å². The minimum Gasteiger partial charge on any atom is -0.469 e. The lowest BCUT2D eigenvalue weighted by molar-refractivity contribution is -0.145. The van der Waals surface area contributed by atoms with E-state index in [-0.39, 0.29) is 17.7 Å². The zero-order valence-corrected chi connectivity index (χ0v) is 8.71. The fourth-order valence-corrected chi connectivity index (χ4v) is 1.80. The molecule has 1 aliphatic rings. The first kappa shape index (κ1) is 11.0. The third kappa shape index (κ3) is 2.44. The Morgan fingerprint density at radius 3 is 2.86 bits per heavy atom. The van der Waals surface area contributed by atoms with Crippen molar-refractivity contribution in [2.24, 2.45) is 5.92 Å². The molecule has 0 aromatic rings. The van der Waals surface area contributed by atoms with E-state index in [4.69, 9.17) is 4.74 Å². The first-order valence-electron chi connectivity index (χ1n) is 4.95. The van der Waals surface area contributed by atoms with Crippen LogP contribution in [-0.2, 0) is 14.3 Å². The van der Waals surface area contributed by atoms with Crippen LogP contribution in [0.5, 0.6) is 0 Å². The Morgan fingerprint density at radius 2 is 2.29 bits per heavy atom. The molecule has 0 amide bonds. The summed E-state index contributed by atoms with van der Waals surface area (Å²) in [5, 5.41) is 0. The SMILES string of the molecule is C/C=C1\CC(C(=O)OC)CCCC1=O. The number of Topliss-reactive ketones (excluding diaryl/α,β-unsaturated/α-hetero) is 1. The molecule has 1 rings (SSSR count). The van der Waals surface area contributed by atoms with Crippen LogP contribution in [0.4, 0.5) is 0 Å². The van der Waals surface area contributed by atoms with Crippen LogP contribution in [0.3, 0.4) is 0 Å². The maximum absolute atomic E-state index is 11.5. The summed E-state index contributed by atoms with van der Waals surface area (Å²) in [5.41, 5.74) is 0.776. The van der Waals surface area contributed by atoms with Gasteiger partial charge in [0.05, 0.1) is 13.0 Å². The number of methoxy groups -OCH3 is 1. The van der Waals surface area contributed by atoms with Gasteiger partial charge in [-0.15, -0.1) is 0 Å². The molecule has 0 N–H and O–H groups in total. The quantitative estimate of drug-likeness (QED) is 0.365. The van der Waals surface area contributed by atoms with Crippen LogP contribution in [0.25, 0.3) is 0 Å². The summed E-state index contributed by atoms with van der Waals surface area (Å²) in [4.78, 5) is 22.8. The highest BCUT2D eigenvalue weighted by molar-refractivity contribution is 5.96. The molecule has 1 saturated carbocycles. The molecule has 0 aromatic heterocycles. The molecule has 78 valence electrons. The molecule has 0 bridgehead atoms. The Labute approximate surface area is 84.1 Å². The Kier molecular flexibility index (Phi) is 3.86. The highest BCUT2D eigenvalue weighted by Crippen LogP contribution is 2.25. The highest BCUT2D eigenvalue weighted by atomic mass is 16.5. The average molecular weight is 196 g/mol.